The molecule has 4 fully saturated rings. The fourth-order valence-electron chi connectivity index (χ4n) is 5.79. The molecule has 0 aromatic carbocycles. The van der Waals surface area contributed by atoms with Crippen LogP contribution in [0.4, 0.5) is 0 Å². The van der Waals surface area contributed by atoms with Gasteiger partial charge in [-0.05, 0) is 68.4 Å². The van der Waals surface area contributed by atoms with Crippen molar-refractivity contribution in [2.24, 2.45) is 23.2 Å². The van der Waals surface area contributed by atoms with Crippen LogP contribution in [0.5, 0.6) is 0 Å². The molecule has 0 radical (unpaired) electrons. The molecule has 0 atom stereocenters. The van der Waals surface area contributed by atoms with Gasteiger partial charge in [-0.15, -0.1) is 0 Å². The van der Waals surface area contributed by atoms with Crippen LogP contribution >= 0.6 is 0 Å². The lowest BCUT2D eigenvalue weighted by Crippen LogP contribution is -2.53. The van der Waals surface area contributed by atoms with E-state index in [4.69, 9.17) is 4.42 Å². The zero-order valence-corrected chi connectivity index (χ0v) is 16.2. The highest BCUT2D eigenvalue weighted by molar-refractivity contribution is 5.86. The molecule has 4 bridgehead atoms. The molecule has 7 nitrogen and oxygen atoms in total. The van der Waals surface area contributed by atoms with Crippen LogP contribution in [0.1, 0.15) is 50.7 Å². The maximum atomic E-state index is 12.8. The molecular formula is C21H29N3O4. The second-order valence-electron chi connectivity index (χ2n) is 8.84. The summed E-state index contributed by atoms with van der Waals surface area (Å²) in [5.74, 6) is 2.45. The lowest BCUT2D eigenvalue weighted by molar-refractivity contribution is -0.146. The number of amides is 3. The number of rotatable bonds is 8. The van der Waals surface area contributed by atoms with Crippen LogP contribution < -0.4 is 16.0 Å². The molecule has 4 aliphatic rings. The minimum absolute atomic E-state index is 0.0809. The van der Waals surface area contributed by atoms with Gasteiger partial charge in [0.05, 0.1) is 19.4 Å². The van der Waals surface area contributed by atoms with Crippen molar-refractivity contribution in [3.8, 4) is 0 Å². The normalized spacial score (nSPS) is 30.1. The zero-order valence-electron chi connectivity index (χ0n) is 16.2. The highest BCUT2D eigenvalue weighted by Gasteiger charge is 2.54. The van der Waals surface area contributed by atoms with Crippen LogP contribution in [0.25, 0.3) is 0 Å². The number of carbonyl (C=O) groups is 3. The SMILES string of the molecule is O=C(CCNC(=O)C12CC3CC(CC(C3)C1)C2)NCC(=O)NCc1ccco1. The van der Waals surface area contributed by atoms with E-state index in [0.29, 0.717) is 18.8 Å². The van der Waals surface area contributed by atoms with Gasteiger partial charge in [0.15, 0.2) is 0 Å². The van der Waals surface area contributed by atoms with E-state index in [9.17, 15) is 14.4 Å². The number of furan rings is 1. The summed E-state index contributed by atoms with van der Waals surface area (Å²) in [4.78, 5) is 36.5. The van der Waals surface area contributed by atoms with Crippen LogP contribution in [-0.4, -0.2) is 30.8 Å². The molecule has 1 heterocycles. The van der Waals surface area contributed by atoms with Gasteiger partial charge in [0.2, 0.25) is 17.7 Å². The van der Waals surface area contributed by atoms with E-state index >= 15 is 0 Å². The minimum Gasteiger partial charge on any atom is -0.467 e. The Hall–Kier alpha value is -2.31. The summed E-state index contributed by atoms with van der Waals surface area (Å²) in [6, 6.07) is 3.52. The fraction of sp³-hybridized carbons (Fsp3) is 0.667. The number of hydrogen-bond acceptors (Lipinski definition) is 4. The second-order valence-corrected chi connectivity index (χ2v) is 8.84. The highest BCUT2D eigenvalue weighted by Crippen LogP contribution is 2.60. The Morgan fingerprint density at radius 1 is 0.964 bits per heavy atom. The molecule has 0 aliphatic heterocycles. The van der Waals surface area contributed by atoms with Crippen LogP contribution in [0.2, 0.25) is 0 Å². The molecule has 0 saturated heterocycles. The first-order chi connectivity index (χ1) is 13.5. The van der Waals surface area contributed by atoms with Crippen molar-refractivity contribution in [1.82, 2.24) is 16.0 Å². The van der Waals surface area contributed by atoms with Gasteiger partial charge in [-0.3, -0.25) is 14.4 Å². The van der Waals surface area contributed by atoms with E-state index in [1.54, 1.807) is 18.4 Å². The monoisotopic (exact) mass is 387 g/mol. The average Bonchev–Trinajstić information content (AvgIpc) is 3.17. The molecular weight excluding hydrogens is 358 g/mol. The summed E-state index contributed by atoms with van der Waals surface area (Å²) >= 11 is 0. The van der Waals surface area contributed by atoms with Gasteiger partial charge in [0.25, 0.3) is 0 Å². The van der Waals surface area contributed by atoms with Crippen LogP contribution in [0, 0.1) is 23.2 Å². The van der Waals surface area contributed by atoms with Gasteiger partial charge < -0.3 is 20.4 Å². The van der Waals surface area contributed by atoms with Crippen molar-refractivity contribution in [3.63, 3.8) is 0 Å². The first-order valence-corrected chi connectivity index (χ1v) is 10.4. The van der Waals surface area contributed by atoms with E-state index in [2.05, 4.69) is 16.0 Å². The maximum Gasteiger partial charge on any atom is 0.239 e. The Labute approximate surface area is 165 Å². The van der Waals surface area contributed by atoms with E-state index < -0.39 is 0 Å². The van der Waals surface area contributed by atoms with Crippen molar-refractivity contribution in [3.05, 3.63) is 24.2 Å². The predicted octanol–water partition coefficient (Wildman–Crippen LogP) is 1.73. The third-order valence-electron chi connectivity index (χ3n) is 6.64. The van der Waals surface area contributed by atoms with Crippen LogP contribution in [0.15, 0.2) is 22.8 Å². The summed E-state index contributed by atoms with van der Waals surface area (Å²) < 4.78 is 5.13. The molecule has 1 aromatic rings. The Morgan fingerprint density at radius 3 is 2.25 bits per heavy atom. The number of hydrogen-bond donors (Lipinski definition) is 3. The van der Waals surface area contributed by atoms with Gasteiger partial charge >= 0.3 is 0 Å². The molecule has 0 spiro atoms. The molecule has 5 rings (SSSR count). The van der Waals surface area contributed by atoms with E-state index in [0.717, 1.165) is 37.0 Å². The minimum atomic E-state index is -0.276. The fourth-order valence-corrected chi connectivity index (χ4v) is 5.79. The topological polar surface area (TPSA) is 100 Å². The number of nitrogens with one attached hydrogen (secondary N) is 3. The van der Waals surface area contributed by atoms with E-state index in [1.165, 1.54) is 19.3 Å². The molecule has 28 heavy (non-hydrogen) atoms. The lowest BCUT2D eigenvalue weighted by Gasteiger charge is -2.55. The smallest absolute Gasteiger partial charge is 0.239 e. The zero-order chi connectivity index (χ0) is 19.6. The van der Waals surface area contributed by atoms with Gasteiger partial charge in [-0.1, -0.05) is 0 Å². The van der Waals surface area contributed by atoms with Crippen LogP contribution in [0.3, 0.4) is 0 Å². The molecule has 4 saturated carbocycles. The van der Waals surface area contributed by atoms with Gasteiger partial charge in [-0.25, -0.2) is 0 Å². The largest absolute Gasteiger partial charge is 0.467 e. The van der Waals surface area contributed by atoms with Crippen molar-refractivity contribution in [2.45, 2.75) is 51.5 Å². The number of carbonyl (C=O) groups excluding carboxylic acids is 3. The van der Waals surface area contributed by atoms with Crippen molar-refractivity contribution in [1.29, 1.82) is 0 Å². The average molecular weight is 387 g/mol. The molecule has 3 N–H and O–H groups in total. The molecule has 152 valence electrons. The molecule has 1 aromatic heterocycles. The Morgan fingerprint density at radius 2 is 1.64 bits per heavy atom. The summed E-state index contributed by atoms with van der Waals surface area (Å²) in [5, 5.41) is 8.25. The summed E-state index contributed by atoms with van der Waals surface area (Å²) in [5.41, 5.74) is -0.184. The van der Waals surface area contributed by atoms with Crippen LogP contribution in [-0.2, 0) is 20.9 Å². The van der Waals surface area contributed by atoms with Gasteiger partial charge in [-0.2, -0.15) is 0 Å². The standard InChI is InChI=1S/C21H29N3O4/c25-18(24-13-19(26)23-12-17-2-1-5-28-17)3-4-22-20(27)21-9-14-6-15(10-21)8-16(7-14)11-21/h1-2,5,14-16H,3-4,6-13H2,(H,22,27)(H,23,26)(H,24,25). The lowest BCUT2D eigenvalue weighted by atomic mass is 9.49. The van der Waals surface area contributed by atoms with Crippen molar-refractivity contribution in [2.75, 3.05) is 13.1 Å². The third-order valence-corrected chi connectivity index (χ3v) is 6.64. The van der Waals surface area contributed by atoms with Gasteiger partial charge in [0, 0.05) is 18.4 Å². The molecule has 0 unspecified atom stereocenters. The summed E-state index contributed by atoms with van der Waals surface area (Å²) in [6.45, 7) is 0.533. The van der Waals surface area contributed by atoms with E-state index in [-0.39, 0.29) is 36.1 Å². The highest BCUT2D eigenvalue weighted by atomic mass is 16.3. The van der Waals surface area contributed by atoms with Crippen molar-refractivity contribution >= 4 is 17.7 Å². The Bertz CT molecular complexity index is 693. The maximum absolute atomic E-state index is 12.8. The van der Waals surface area contributed by atoms with E-state index in [1.807, 2.05) is 0 Å². The quantitative estimate of drug-likeness (QED) is 0.632. The molecule has 4 aliphatic carbocycles. The Balaban J connectivity index is 1.14. The van der Waals surface area contributed by atoms with Gasteiger partial charge in [0.1, 0.15) is 5.76 Å². The summed E-state index contributed by atoms with van der Waals surface area (Å²) in [6.07, 6.45) is 8.70. The van der Waals surface area contributed by atoms with Crippen molar-refractivity contribution < 1.29 is 18.8 Å². The first kappa shape index (κ1) is 19.0. The Kier molecular flexibility index (Phi) is 5.42. The molecule has 3 amide bonds. The third kappa shape index (κ3) is 4.23. The predicted molar refractivity (Wildman–Crippen MR) is 102 cm³/mol. The first-order valence-electron chi connectivity index (χ1n) is 10.4. The second kappa shape index (κ2) is 7.97. The summed E-state index contributed by atoms with van der Waals surface area (Å²) in [7, 11) is 0. The molecule has 7 heteroatoms.